The first kappa shape index (κ1) is 11.9. The predicted octanol–water partition coefficient (Wildman–Crippen LogP) is -0.948. The van der Waals surface area contributed by atoms with Crippen LogP contribution in [0.4, 0.5) is 5.69 Å². The number of rotatable bonds is 3. The van der Waals surface area contributed by atoms with Crippen molar-refractivity contribution in [1.29, 1.82) is 0 Å². The van der Waals surface area contributed by atoms with Gasteiger partial charge in [0, 0.05) is 19.6 Å². The molecule has 0 aliphatic carbocycles. The van der Waals surface area contributed by atoms with E-state index < -0.39 is 0 Å². The number of amides is 1. The van der Waals surface area contributed by atoms with Gasteiger partial charge in [-0.1, -0.05) is 0 Å². The Bertz CT molecular complexity index is 392. The molecule has 1 aromatic rings. The first-order valence-electron chi connectivity index (χ1n) is 5.54. The number of nitrogens with zero attached hydrogens (tertiary/aromatic N) is 2. The smallest absolute Gasteiger partial charge is 0.271 e. The highest BCUT2D eigenvalue weighted by Crippen LogP contribution is 2.06. The third-order valence-electron chi connectivity index (χ3n) is 2.73. The molecule has 7 heteroatoms. The zero-order chi connectivity index (χ0) is 12.3. The van der Waals surface area contributed by atoms with E-state index in [2.05, 4.69) is 20.4 Å². The molecule has 7 nitrogen and oxygen atoms in total. The molecule has 0 radical (unpaired) electrons. The van der Waals surface area contributed by atoms with Crippen LogP contribution in [0.15, 0.2) is 6.20 Å². The van der Waals surface area contributed by atoms with Crippen molar-refractivity contribution in [3.05, 3.63) is 11.9 Å². The molecule has 1 aliphatic heterocycles. The summed E-state index contributed by atoms with van der Waals surface area (Å²) >= 11 is 0. The summed E-state index contributed by atoms with van der Waals surface area (Å²) in [5.41, 5.74) is 6.23. The number of carbonyl (C=O) groups is 1. The normalized spacial score (nSPS) is 21.4. The van der Waals surface area contributed by atoms with E-state index in [9.17, 15) is 4.79 Å². The van der Waals surface area contributed by atoms with Gasteiger partial charge in [0.2, 0.25) is 0 Å². The first-order valence-corrected chi connectivity index (χ1v) is 5.54. The highest BCUT2D eigenvalue weighted by molar-refractivity contribution is 5.96. The van der Waals surface area contributed by atoms with Crippen molar-refractivity contribution in [3.63, 3.8) is 0 Å². The summed E-state index contributed by atoms with van der Waals surface area (Å²) in [6.07, 6.45) is 1.45. The Labute approximate surface area is 99.3 Å². The molecule has 2 rings (SSSR count). The van der Waals surface area contributed by atoms with Crippen LogP contribution in [0.3, 0.4) is 0 Å². The molecule has 4 N–H and O–H groups in total. The second kappa shape index (κ2) is 5.15. The zero-order valence-electron chi connectivity index (χ0n) is 9.77. The minimum Gasteiger partial charge on any atom is -0.396 e. The van der Waals surface area contributed by atoms with E-state index in [4.69, 9.17) is 10.5 Å². The number of anilines is 1. The quantitative estimate of drug-likeness (QED) is 0.632. The van der Waals surface area contributed by atoms with Crippen molar-refractivity contribution in [2.24, 2.45) is 0 Å². The van der Waals surface area contributed by atoms with Crippen LogP contribution in [0.5, 0.6) is 0 Å². The number of nitrogen functional groups attached to an aromatic ring is 1. The van der Waals surface area contributed by atoms with Gasteiger partial charge in [0.25, 0.3) is 5.91 Å². The molecule has 0 saturated carbocycles. The number of hydrogen-bond donors (Lipinski definition) is 3. The van der Waals surface area contributed by atoms with E-state index in [-0.39, 0.29) is 12.0 Å². The molecule has 1 atom stereocenters. The lowest BCUT2D eigenvalue weighted by atomic mass is 10.2. The van der Waals surface area contributed by atoms with Gasteiger partial charge in [-0.15, -0.1) is 0 Å². The van der Waals surface area contributed by atoms with Gasteiger partial charge >= 0.3 is 0 Å². The van der Waals surface area contributed by atoms with Gasteiger partial charge in [-0.05, 0) is 7.05 Å². The van der Waals surface area contributed by atoms with E-state index >= 15 is 0 Å². The van der Waals surface area contributed by atoms with Crippen LogP contribution < -0.4 is 11.1 Å². The van der Waals surface area contributed by atoms with Crippen LogP contribution in [0.2, 0.25) is 0 Å². The van der Waals surface area contributed by atoms with Gasteiger partial charge in [-0.3, -0.25) is 9.89 Å². The molecule has 1 saturated heterocycles. The molecule has 2 heterocycles. The van der Waals surface area contributed by atoms with Crippen molar-refractivity contribution in [2.45, 2.75) is 6.10 Å². The fourth-order valence-electron chi connectivity index (χ4n) is 1.76. The lowest BCUT2D eigenvalue weighted by molar-refractivity contribution is -0.0175. The van der Waals surface area contributed by atoms with Crippen LogP contribution >= 0.6 is 0 Å². The van der Waals surface area contributed by atoms with Crippen LogP contribution in [-0.4, -0.2) is 60.4 Å². The number of nitrogens with two attached hydrogens (primary N) is 1. The molecule has 1 aliphatic rings. The molecule has 0 aromatic carbocycles. The highest BCUT2D eigenvalue weighted by atomic mass is 16.5. The third kappa shape index (κ3) is 2.95. The summed E-state index contributed by atoms with van der Waals surface area (Å²) in [5.74, 6) is -0.253. The number of likely N-dealkylation sites (N-methyl/N-ethyl adjacent to an activating group) is 1. The highest BCUT2D eigenvalue weighted by Gasteiger charge is 2.19. The van der Waals surface area contributed by atoms with E-state index in [0.717, 1.165) is 13.1 Å². The number of ether oxygens (including phenoxy) is 1. The summed E-state index contributed by atoms with van der Waals surface area (Å²) in [6, 6.07) is 0. The Morgan fingerprint density at radius 2 is 2.65 bits per heavy atom. The minimum absolute atomic E-state index is 0.0295. The standard InChI is InChI=1S/C10H17N5O2/c1-15-2-3-17-7(6-15)4-12-10(16)9-8(11)5-13-14-9/h5,7H,2-4,6,11H2,1H3,(H,12,16)(H,13,14). The molecule has 0 bridgehead atoms. The van der Waals surface area contributed by atoms with E-state index in [1.165, 1.54) is 6.20 Å². The summed E-state index contributed by atoms with van der Waals surface area (Å²) in [5, 5.41) is 9.04. The summed E-state index contributed by atoms with van der Waals surface area (Å²) in [4.78, 5) is 13.9. The van der Waals surface area contributed by atoms with E-state index in [0.29, 0.717) is 24.5 Å². The van der Waals surface area contributed by atoms with Crippen molar-refractivity contribution >= 4 is 11.6 Å². The zero-order valence-corrected chi connectivity index (χ0v) is 9.77. The average Bonchev–Trinajstić information content (AvgIpc) is 2.72. The number of aromatic nitrogens is 2. The maximum absolute atomic E-state index is 11.7. The van der Waals surface area contributed by atoms with E-state index in [1.807, 2.05) is 7.05 Å². The van der Waals surface area contributed by atoms with Gasteiger partial charge in [-0.25, -0.2) is 0 Å². The number of aromatic amines is 1. The van der Waals surface area contributed by atoms with Crippen LogP contribution in [-0.2, 0) is 4.74 Å². The molecule has 1 fully saturated rings. The summed E-state index contributed by atoms with van der Waals surface area (Å²) < 4.78 is 5.53. The lowest BCUT2D eigenvalue weighted by Gasteiger charge is -2.30. The monoisotopic (exact) mass is 239 g/mol. The Balaban J connectivity index is 1.82. The van der Waals surface area contributed by atoms with Crippen molar-refractivity contribution in [2.75, 3.05) is 39.0 Å². The molecule has 1 aromatic heterocycles. The topological polar surface area (TPSA) is 96.3 Å². The fourth-order valence-corrected chi connectivity index (χ4v) is 1.76. The molecular weight excluding hydrogens is 222 g/mol. The summed E-state index contributed by atoms with van der Waals surface area (Å²) in [6.45, 7) is 2.92. The van der Waals surface area contributed by atoms with E-state index in [1.54, 1.807) is 0 Å². The number of morpholine rings is 1. The first-order chi connectivity index (χ1) is 8.16. The molecule has 1 unspecified atom stereocenters. The average molecular weight is 239 g/mol. The summed E-state index contributed by atoms with van der Waals surface area (Å²) in [7, 11) is 2.03. The van der Waals surface area contributed by atoms with Crippen LogP contribution in [0, 0.1) is 0 Å². The van der Waals surface area contributed by atoms with Crippen LogP contribution in [0.1, 0.15) is 10.5 Å². The largest absolute Gasteiger partial charge is 0.396 e. The molecule has 17 heavy (non-hydrogen) atoms. The van der Waals surface area contributed by atoms with Gasteiger partial charge in [0.05, 0.1) is 24.6 Å². The SMILES string of the molecule is CN1CCOC(CNC(=O)c2[nH]ncc2N)C1. The Morgan fingerprint density at radius 1 is 1.82 bits per heavy atom. The molecule has 0 spiro atoms. The Kier molecular flexibility index (Phi) is 3.60. The second-order valence-electron chi connectivity index (χ2n) is 4.17. The van der Waals surface area contributed by atoms with Crippen molar-refractivity contribution in [1.82, 2.24) is 20.4 Å². The maximum atomic E-state index is 11.7. The predicted molar refractivity (Wildman–Crippen MR) is 62.6 cm³/mol. The molecular formula is C10H17N5O2. The van der Waals surface area contributed by atoms with Gasteiger partial charge in [-0.2, -0.15) is 5.10 Å². The number of carbonyl (C=O) groups excluding carboxylic acids is 1. The van der Waals surface area contributed by atoms with Gasteiger partial charge in [0.15, 0.2) is 0 Å². The third-order valence-corrected chi connectivity index (χ3v) is 2.73. The van der Waals surface area contributed by atoms with Crippen LogP contribution in [0.25, 0.3) is 0 Å². The number of hydrogen-bond acceptors (Lipinski definition) is 5. The molecule has 94 valence electrons. The molecule has 1 amide bonds. The van der Waals surface area contributed by atoms with Crippen molar-refractivity contribution in [3.8, 4) is 0 Å². The van der Waals surface area contributed by atoms with Gasteiger partial charge < -0.3 is 20.7 Å². The van der Waals surface area contributed by atoms with Crippen molar-refractivity contribution < 1.29 is 9.53 Å². The maximum Gasteiger partial charge on any atom is 0.271 e. The fraction of sp³-hybridized carbons (Fsp3) is 0.600. The second-order valence-corrected chi connectivity index (χ2v) is 4.17. The van der Waals surface area contributed by atoms with Gasteiger partial charge in [0.1, 0.15) is 5.69 Å². The Hall–Kier alpha value is -1.60. The minimum atomic E-state index is -0.253. The number of nitrogens with one attached hydrogen (secondary N) is 2. The number of H-pyrrole nitrogens is 1. The lowest BCUT2D eigenvalue weighted by Crippen LogP contribution is -2.46. The Morgan fingerprint density at radius 3 is 3.29 bits per heavy atom.